The lowest BCUT2D eigenvalue weighted by Crippen LogP contribution is -2.55. The van der Waals surface area contributed by atoms with Crippen molar-refractivity contribution in [1.82, 2.24) is 15.6 Å². The maximum Gasteiger partial charge on any atom is 0.326 e. The third-order valence-corrected chi connectivity index (χ3v) is 6.36. The van der Waals surface area contributed by atoms with Crippen LogP contribution in [-0.4, -0.2) is 51.1 Å². The summed E-state index contributed by atoms with van der Waals surface area (Å²) in [6, 6.07) is 19.8. The molecular weight excluding hydrogens is 484 g/mol. The summed E-state index contributed by atoms with van der Waals surface area (Å²) in [5.41, 5.74) is 9.28. The van der Waals surface area contributed by atoms with Crippen LogP contribution in [0.15, 0.2) is 85.1 Å². The van der Waals surface area contributed by atoms with Crippen LogP contribution in [0.25, 0.3) is 10.9 Å². The molecule has 2 amide bonds. The van der Waals surface area contributed by atoms with E-state index in [1.54, 1.807) is 18.3 Å². The first-order valence-corrected chi connectivity index (χ1v) is 12.3. The molecule has 0 spiro atoms. The zero-order valence-electron chi connectivity index (χ0n) is 20.6. The molecular formula is C29H30N4O5. The number of nitrogens with two attached hydrogens (primary N) is 1. The van der Waals surface area contributed by atoms with Crippen molar-refractivity contribution in [2.75, 3.05) is 0 Å². The van der Waals surface area contributed by atoms with Crippen molar-refractivity contribution in [1.29, 1.82) is 0 Å². The first kappa shape index (κ1) is 26.4. The number of aliphatic carboxylic acids is 1. The lowest BCUT2D eigenvalue weighted by Gasteiger charge is -2.23. The smallest absolute Gasteiger partial charge is 0.326 e. The molecule has 0 saturated carbocycles. The number of amides is 2. The number of hydrogen-bond donors (Lipinski definition) is 6. The molecule has 9 nitrogen and oxygen atoms in total. The highest BCUT2D eigenvalue weighted by Crippen LogP contribution is 2.19. The number of hydrogen-bond acceptors (Lipinski definition) is 5. The zero-order chi connectivity index (χ0) is 27.1. The monoisotopic (exact) mass is 514 g/mol. The average Bonchev–Trinajstić information content (AvgIpc) is 3.32. The second-order valence-corrected chi connectivity index (χ2v) is 9.19. The fourth-order valence-corrected chi connectivity index (χ4v) is 4.31. The van der Waals surface area contributed by atoms with E-state index in [1.165, 1.54) is 12.1 Å². The lowest BCUT2D eigenvalue weighted by atomic mass is 10.0. The highest BCUT2D eigenvalue weighted by molar-refractivity contribution is 5.92. The Morgan fingerprint density at radius 2 is 1.39 bits per heavy atom. The Morgan fingerprint density at radius 1 is 0.763 bits per heavy atom. The maximum absolute atomic E-state index is 13.4. The van der Waals surface area contributed by atoms with Crippen LogP contribution in [0.5, 0.6) is 5.75 Å². The number of aromatic amines is 1. The van der Waals surface area contributed by atoms with E-state index in [2.05, 4.69) is 15.6 Å². The minimum atomic E-state index is -1.22. The molecule has 3 atom stereocenters. The Hall–Kier alpha value is -4.63. The Bertz CT molecular complexity index is 1400. The summed E-state index contributed by atoms with van der Waals surface area (Å²) in [7, 11) is 0. The molecule has 0 bridgehead atoms. The zero-order valence-corrected chi connectivity index (χ0v) is 20.6. The molecule has 1 aromatic heterocycles. The van der Waals surface area contributed by atoms with E-state index < -0.39 is 35.9 Å². The SMILES string of the molecule is N[C@@H](Cc1ccccc1)C(=O)N[C@@H](Cc1ccc(O)cc1)C(=O)N[C@@H](Cc1c[nH]c2ccccc12)C(=O)O. The Morgan fingerprint density at radius 3 is 2.11 bits per heavy atom. The molecule has 7 N–H and O–H groups in total. The Kier molecular flexibility index (Phi) is 8.40. The van der Waals surface area contributed by atoms with E-state index in [4.69, 9.17) is 5.73 Å². The number of phenolic OH excluding ortho intramolecular Hbond substituents is 1. The predicted molar refractivity (Wildman–Crippen MR) is 143 cm³/mol. The van der Waals surface area contributed by atoms with Gasteiger partial charge in [-0.25, -0.2) is 4.79 Å². The molecule has 38 heavy (non-hydrogen) atoms. The molecule has 0 fully saturated rings. The van der Waals surface area contributed by atoms with Gasteiger partial charge in [0.2, 0.25) is 11.8 Å². The number of aromatic hydroxyl groups is 1. The number of para-hydroxylation sites is 1. The van der Waals surface area contributed by atoms with Crippen LogP contribution in [0.1, 0.15) is 16.7 Å². The molecule has 0 aliphatic heterocycles. The highest BCUT2D eigenvalue weighted by atomic mass is 16.4. The van der Waals surface area contributed by atoms with Crippen LogP contribution in [0.2, 0.25) is 0 Å². The van der Waals surface area contributed by atoms with E-state index in [0.717, 1.165) is 22.0 Å². The van der Waals surface area contributed by atoms with Crippen LogP contribution in [0.3, 0.4) is 0 Å². The van der Waals surface area contributed by atoms with Gasteiger partial charge in [0.1, 0.15) is 17.8 Å². The minimum Gasteiger partial charge on any atom is -0.508 e. The number of carboxylic acid groups (broad SMARTS) is 1. The molecule has 4 aromatic rings. The fraction of sp³-hybridized carbons (Fsp3) is 0.207. The van der Waals surface area contributed by atoms with Gasteiger partial charge in [-0.05, 0) is 41.3 Å². The van der Waals surface area contributed by atoms with Crippen LogP contribution in [-0.2, 0) is 33.6 Å². The number of phenols is 1. The summed E-state index contributed by atoms with van der Waals surface area (Å²) < 4.78 is 0. The van der Waals surface area contributed by atoms with Gasteiger partial charge in [0, 0.05) is 29.9 Å². The summed E-state index contributed by atoms with van der Waals surface area (Å²) >= 11 is 0. The molecule has 9 heteroatoms. The molecule has 0 aliphatic rings. The largest absolute Gasteiger partial charge is 0.508 e. The van der Waals surface area contributed by atoms with Gasteiger partial charge in [-0.2, -0.15) is 0 Å². The molecule has 4 rings (SSSR count). The Labute approximate surface area is 219 Å². The number of H-pyrrole nitrogens is 1. The standard InChI is InChI=1S/C29H30N4O5/c30-23(14-18-6-2-1-3-7-18)27(35)32-25(15-19-10-12-21(34)13-11-19)28(36)33-26(29(37)38)16-20-17-31-24-9-5-4-8-22(20)24/h1-13,17,23,25-26,31,34H,14-16,30H2,(H,32,35)(H,33,36)(H,37,38)/t23-,25-,26-/m0/s1. The number of carbonyl (C=O) groups excluding carboxylic acids is 2. The number of carboxylic acids is 1. The molecule has 0 unspecified atom stereocenters. The van der Waals surface area contributed by atoms with Gasteiger partial charge in [-0.15, -0.1) is 0 Å². The second kappa shape index (κ2) is 12.1. The van der Waals surface area contributed by atoms with Crippen LogP contribution < -0.4 is 16.4 Å². The summed E-state index contributed by atoms with van der Waals surface area (Å²) in [4.78, 5) is 41.5. The number of carbonyl (C=O) groups is 3. The van der Waals surface area contributed by atoms with E-state index in [9.17, 15) is 24.6 Å². The van der Waals surface area contributed by atoms with E-state index in [0.29, 0.717) is 5.56 Å². The van der Waals surface area contributed by atoms with Crippen LogP contribution in [0, 0.1) is 0 Å². The lowest BCUT2D eigenvalue weighted by molar-refractivity contribution is -0.142. The van der Waals surface area contributed by atoms with Crippen molar-refractivity contribution in [3.63, 3.8) is 0 Å². The molecule has 0 radical (unpaired) electrons. The normalized spacial score (nSPS) is 13.4. The van der Waals surface area contributed by atoms with Gasteiger partial charge in [0.25, 0.3) is 0 Å². The number of fused-ring (bicyclic) bond motifs is 1. The fourth-order valence-electron chi connectivity index (χ4n) is 4.31. The Balaban J connectivity index is 1.50. The van der Waals surface area contributed by atoms with E-state index >= 15 is 0 Å². The molecule has 0 aliphatic carbocycles. The van der Waals surface area contributed by atoms with E-state index in [-0.39, 0.29) is 25.0 Å². The van der Waals surface area contributed by atoms with Crippen molar-refractivity contribution in [3.05, 3.63) is 102 Å². The third-order valence-electron chi connectivity index (χ3n) is 6.36. The summed E-state index contributed by atoms with van der Waals surface area (Å²) in [5.74, 6) is -2.31. The van der Waals surface area contributed by atoms with Gasteiger partial charge >= 0.3 is 5.97 Å². The van der Waals surface area contributed by atoms with Crippen molar-refractivity contribution < 1.29 is 24.6 Å². The van der Waals surface area contributed by atoms with Crippen molar-refractivity contribution in [3.8, 4) is 5.75 Å². The molecule has 1 heterocycles. The minimum absolute atomic E-state index is 0.0541. The van der Waals surface area contributed by atoms with E-state index in [1.807, 2.05) is 54.6 Å². The molecule has 3 aromatic carbocycles. The quantitative estimate of drug-likeness (QED) is 0.180. The van der Waals surface area contributed by atoms with Gasteiger partial charge < -0.3 is 31.6 Å². The average molecular weight is 515 g/mol. The third kappa shape index (κ3) is 6.77. The van der Waals surface area contributed by atoms with Gasteiger partial charge in [-0.1, -0.05) is 60.7 Å². The summed E-state index contributed by atoms with van der Waals surface area (Å²) in [6.45, 7) is 0. The number of rotatable bonds is 11. The van der Waals surface area contributed by atoms with Crippen LogP contribution in [0.4, 0.5) is 0 Å². The number of aromatic nitrogens is 1. The van der Waals surface area contributed by atoms with Crippen LogP contribution >= 0.6 is 0 Å². The van der Waals surface area contributed by atoms with Gasteiger partial charge in [-0.3, -0.25) is 9.59 Å². The molecule has 0 saturated heterocycles. The molecule has 196 valence electrons. The maximum atomic E-state index is 13.4. The van der Waals surface area contributed by atoms with Crippen molar-refractivity contribution in [2.24, 2.45) is 5.73 Å². The number of nitrogens with one attached hydrogen (secondary N) is 3. The van der Waals surface area contributed by atoms with Crippen molar-refractivity contribution >= 4 is 28.7 Å². The summed E-state index contributed by atoms with van der Waals surface area (Å²) in [6.07, 6.45) is 2.14. The van der Waals surface area contributed by atoms with Gasteiger partial charge in [0.15, 0.2) is 0 Å². The first-order valence-electron chi connectivity index (χ1n) is 12.3. The topological polar surface area (TPSA) is 158 Å². The summed E-state index contributed by atoms with van der Waals surface area (Å²) in [5, 5.41) is 25.6. The highest BCUT2D eigenvalue weighted by Gasteiger charge is 2.29. The number of benzene rings is 3. The first-order chi connectivity index (χ1) is 18.3. The second-order valence-electron chi connectivity index (χ2n) is 9.19. The van der Waals surface area contributed by atoms with Crippen molar-refractivity contribution in [2.45, 2.75) is 37.4 Å². The van der Waals surface area contributed by atoms with Gasteiger partial charge in [0.05, 0.1) is 6.04 Å². The predicted octanol–water partition coefficient (Wildman–Crippen LogP) is 2.28.